The van der Waals surface area contributed by atoms with Crippen molar-refractivity contribution in [2.45, 2.75) is 19.9 Å². The van der Waals surface area contributed by atoms with Crippen molar-refractivity contribution in [3.8, 4) is 0 Å². The summed E-state index contributed by atoms with van der Waals surface area (Å²) in [5, 5.41) is 3.31. The van der Waals surface area contributed by atoms with Gasteiger partial charge in [0.25, 0.3) is 0 Å². The van der Waals surface area contributed by atoms with Crippen LogP contribution in [-0.2, 0) is 0 Å². The molecule has 0 amide bonds. The number of anilines is 1. The molecule has 0 aliphatic carbocycles. The van der Waals surface area contributed by atoms with Gasteiger partial charge in [-0.1, -0.05) is 18.2 Å². The highest BCUT2D eigenvalue weighted by Gasteiger charge is 1.95. The van der Waals surface area contributed by atoms with E-state index in [4.69, 9.17) is 0 Å². The first-order valence-corrected chi connectivity index (χ1v) is 4.18. The third-order valence-electron chi connectivity index (χ3n) is 1.77. The van der Waals surface area contributed by atoms with Crippen LogP contribution in [0.5, 0.6) is 0 Å². The van der Waals surface area contributed by atoms with Crippen LogP contribution in [0.1, 0.15) is 12.5 Å². The Morgan fingerprint density at radius 2 is 2.25 bits per heavy atom. The molecule has 0 spiro atoms. The van der Waals surface area contributed by atoms with Crippen LogP contribution in [0.25, 0.3) is 0 Å². The zero-order valence-corrected chi connectivity index (χ0v) is 7.67. The predicted octanol–water partition coefficient (Wildman–Crippen LogP) is 2.98. The summed E-state index contributed by atoms with van der Waals surface area (Å²) in [4.78, 5) is 0. The summed E-state index contributed by atoms with van der Waals surface area (Å²) >= 11 is 0. The zero-order chi connectivity index (χ0) is 8.97. The molecule has 12 heavy (non-hydrogen) atoms. The fraction of sp³-hybridized carbons (Fsp3) is 0.273. The van der Waals surface area contributed by atoms with E-state index in [1.54, 1.807) is 0 Å². The monoisotopic (exact) mass is 161 g/mol. The lowest BCUT2D eigenvalue weighted by Gasteiger charge is -2.10. The van der Waals surface area contributed by atoms with Gasteiger partial charge in [0.2, 0.25) is 0 Å². The van der Waals surface area contributed by atoms with Crippen LogP contribution in [0.15, 0.2) is 36.9 Å². The molecule has 1 N–H and O–H groups in total. The molecule has 0 saturated heterocycles. The Morgan fingerprint density at radius 3 is 2.83 bits per heavy atom. The Kier molecular flexibility index (Phi) is 2.92. The molecule has 0 aromatic heterocycles. The van der Waals surface area contributed by atoms with Crippen molar-refractivity contribution in [2.75, 3.05) is 5.32 Å². The first-order chi connectivity index (χ1) is 5.72. The van der Waals surface area contributed by atoms with Gasteiger partial charge >= 0.3 is 0 Å². The van der Waals surface area contributed by atoms with Crippen molar-refractivity contribution in [1.29, 1.82) is 0 Å². The third-order valence-corrected chi connectivity index (χ3v) is 1.77. The molecule has 0 aliphatic rings. The van der Waals surface area contributed by atoms with E-state index in [1.807, 2.05) is 12.1 Å². The molecule has 1 aromatic carbocycles. The van der Waals surface area contributed by atoms with E-state index >= 15 is 0 Å². The van der Waals surface area contributed by atoms with Gasteiger partial charge in [0.15, 0.2) is 0 Å². The predicted molar refractivity (Wildman–Crippen MR) is 54.5 cm³/mol. The summed E-state index contributed by atoms with van der Waals surface area (Å²) in [7, 11) is 0. The summed E-state index contributed by atoms with van der Waals surface area (Å²) in [6, 6.07) is 8.65. The maximum absolute atomic E-state index is 3.72. The minimum absolute atomic E-state index is 0.326. The number of aryl methyl sites for hydroxylation is 1. The molecule has 1 heteroatoms. The molecule has 64 valence electrons. The van der Waals surface area contributed by atoms with Crippen molar-refractivity contribution < 1.29 is 0 Å². The SMILES string of the molecule is C=CC(C)Nc1cccc(C)c1. The van der Waals surface area contributed by atoms with Crippen molar-refractivity contribution in [3.63, 3.8) is 0 Å². The molecule has 1 nitrogen and oxygen atoms in total. The maximum Gasteiger partial charge on any atom is 0.0413 e. The van der Waals surface area contributed by atoms with E-state index in [0.717, 1.165) is 5.69 Å². The number of benzene rings is 1. The van der Waals surface area contributed by atoms with Gasteiger partial charge in [-0.2, -0.15) is 0 Å². The first-order valence-electron chi connectivity index (χ1n) is 4.18. The number of hydrogen-bond donors (Lipinski definition) is 1. The molecule has 0 heterocycles. The zero-order valence-electron chi connectivity index (χ0n) is 7.67. The molecule has 1 atom stereocenters. The fourth-order valence-corrected chi connectivity index (χ4v) is 1.06. The van der Waals surface area contributed by atoms with Gasteiger partial charge in [0.05, 0.1) is 0 Å². The normalized spacial score (nSPS) is 12.2. The van der Waals surface area contributed by atoms with Crippen LogP contribution in [0, 0.1) is 6.92 Å². The van der Waals surface area contributed by atoms with Crippen LogP contribution in [0.3, 0.4) is 0 Å². The molecule has 1 rings (SSSR count). The first kappa shape index (κ1) is 8.85. The topological polar surface area (TPSA) is 12.0 Å². The summed E-state index contributed by atoms with van der Waals surface area (Å²) in [6.07, 6.45) is 1.89. The van der Waals surface area contributed by atoms with Crippen LogP contribution in [0.4, 0.5) is 5.69 Å². The second kappa shape index (κ2) is 3.96. The standard InChI is InChI=1S/C11H15N/c1-4-10(3)12-11-7-5-6-9(2)8-11/h4-8,10,12H,1H2,2-3H3. The Balaban J connectivity index is 2.69. The maximum atomic E-state index is 3.72. The molecule has 0 saturated carbocycles. The lowest BCUT2D eigenvalue weighted by Crippen LogP contribution is -2.10. The van der Waals surface area contributed by atoms with Gasteiger partial charge in [-0.15, -0.1) is 6.58 Å². The van der Waals surface area contributed by atoms with Crippen LogP contribution in [0.2, 0.25) is 0 Å². The highest BCUT2D eigenvalue weighted by molar-refractivity contribution is 5.46. The summed E-state index contributed by atoms with van der Waals surface area (Å²) in [5.41, 5.74) is 2.43. The van der Waals surface area contributed by atoms with E-state index in [9.17, 15) is 0 Å². The van der Waals surface area contributed by atoms with Gasteiger partial charge in [-0.05, 0) is 31.5 Å². The van der Waals surface area contributed by atoms with Crippen LogP contribution >= 0.6 is 0 Å². The average molecular weight is 161 g/mol. The quantitative estimate of drug-likeness (QED) is 0.672. The summed E-state index contributed by atoms with van der Waals surface area (Å²) in [5.74, 6) is 0. The number of rotatable bonds is 3. The Hall–Kier alpha value is -1.24. The highest BCUT2D eigenvalue weighted by Crippen LogP contribution is 2.10. The summed E-state index contributed by atoms with van der Waals surface area (Å²) in [6.45, 7) is 7.88. The van der Waals surface area contributed by atoms with Crippen LogP contribution in [-0.4, -0.2) is 6.04 Å². The fourth-order valence-electron chi connectivity index (χ4n) is 1.06. The van der Waals surface area contributed by atoms with E-state index < -0.39 is 0 Å². The molecule has 0 fully saturated rings. The Labute approximate surface area is 74.1 Å². The van der Waals surface area contributed by atoms with Crippen molar-refractivity contribution in [2.24, 2.45) is 0 Å². The van der Waals surface area contributed by atoms with Gasteiger partial charge in [0, 0.05) is 11.7 Å². The average Bonchev–Trinajstić information content (AvgIpc) is 2.04. The second-order valence-electron chi connectivity index (χ2n) is 3.04. The van der Waals surface area contributed by atoms with Gasteiger partial charge < -0.3 is 5.32 Å². The molecule has 1 aromatic rings. The molecule has 0 aliphatic heterocycles. The number of nitrogens with one attached hydrogen (secondary N) is 1. The van der Waals surface area contributed by atoms with Crippen molar-refractivity contribution in [1.82, 2.24) is 0 Å². The summed E-state index contributed by atoms with van der Waals surface area (Å²) < 4.78 is 0. The van der Waals surface area contributed by atoms with Crippen molar-refractivity contribution in [3.05, 3.63) is 42.5 Å². The molecular formula is C11H15N. The minimum Gasteiger partial charge on any atom is -0.379 e. The number of hydrogen-bond acceptors (Lipinski definition) is 1. The van der Waals surface area contributed by atoms with Crippen LogP contribution < -0.4 is 5.32 Å². The molecule has 0 bridgehead atoms. The van der Waals surface area contributed by atoms with E-state index in [2.05, 4.69) is 43.9 Å². The van der Waals surface area contributed by atoms with Gasteiger partial charge in [-0.25, -0.2) is 0 Å². The third kappa shape index (κ3) is 2.42. The molecular weight excluding hydrogens is 146 g/mol. The molecule has 1 unspecified atom stereocenters. The van der Waals surface area contributed by atoms with E-state index in [-0.39, 0.29) is 0 Å². The van der Waals surface area contributed by atoms with E-state index in [1.165, 1.54) is 5.56 Å². The molecule has 0 radical (unpaired) electrons. The lowest BCUT2D eigenvalue weighted by molar-refractivity contribution is 1.00. The van der Waals surface area contributed by atoms with Gasteiger partial charge in [0.1, 0.15) is 0 Å². The Morgan fingerprint density at radius 1 is 1.50 bits per heavy atom. The largest absolute Gasteiger partial charge is 0.379 e. The van der Waals surface area contributed by atoms with Crippen molar-refractivity contribution >= 4 is 5.69 Å². The van der Waals surface area contributed by atoms with E-state index in [0.29, 0.717) is 6.04 Å². The lowest BCUT2D eigenvalue weighted by atomic mass is 10.2. The van der Waals surface area contributed by atoms with Gasteiger partial charge in [-0.3, -0.25) is 0 Å². The highest BCUT2D eigenvalue weighted by atomic mass is 14.9. The Bertz CT molecular complexity index is 265. The second-order valence-corrected chi connectivity index (χ2v) is 3.04. The minimum atomic E-state index is 0.326. The smallest absolute Gasteiger partial charge is 0.0413 e.